The van der Waals surface area contributed by atoms with Gasteiger partial charge in [0.1, 0.15) is 4.34 Å². The van der Waals surface area contributed by atoms with Crippen LogP contribution in [0.2, 0.25) is 4.34 Å². The summed E-state index contributed by atoms with van der Waals surface area (Å²) >= 11 is 7.12. The first-order chi connectivity index (χ1) is 7.49. The van der Waals surface area contributed by atoms with E-state index in [1.165, 1.54) is 16.2 Å². The Bertz CT molecular complexity index is 440. The lowest BCUT2D eigenvalue weighted by Gasteiger charge is -2.11. The molecular weight excluding hydrogens is 250 g/mol. The minimum absolute atomic E-state index is 0.130. The molecular formula is C9H10ClN3O2S. The molecule has 1 aromatic rings. The highest BCUT2D eigenvalue weighted by atomic mass is 35.5. The van der Waals surface area contributed by atoms with Gasteiger partial charge < -0.3 is 5.73 Å². The number of nitrogens with two attached hydrogens (primary N) is 1. The summed E-state index contributed by atoms with van der Waals surface area (Å²) in [5.41, 5.74) is 5.87. The van der Waals surface area contributed by atoms with E-state index in [0.717, 1.165) is 0 Å². The van der Waals surface area contributed by atoms with Gasteiger partial charge in [0.15, 0.2) is 5.13 Å². The highest BCUT2D eigenvalue weighted by molar-refractivity contribution is 7.19. The summed E-state index contributed by atoms with van der Waals surface area (Å²) < 4.78 is 0.560. The van der Waals surface area contributed by atoms with E-state index in [4.69, 9.17) is 17.3 Å². The molecule has 16 heavy (non-hydrogen) atoms. The van der Waals surface area contributed by atoms with Crippen molar-refractivity contribution in [3.8, 4) is 0 Å². The Morgan fingerprint density at radius 3 is 2.81 bits per heavy atom. The molecule has 2 N–H and O–H groups in total. The Hall–Kier alpha value is -1.14. The second kappa shape index (κ2) is 4.03. The van der Waals surface area contributed by atoms with E-state index in [9.17, 15) is 9.59 Å². The lowest BCUT2D eigenvalue weighted by molar-refractivity contribution is -0.123. The van der Waals surface area contributed by atoms with Gasteiger partial charge in [0.2, 0.25) is 11.8 Å². The van der Waals surface area contributed by atoms with E-state index in [1.54, 1.807) is 6.92 Å². The number of hydrogen-bond donors (Lipinski definition) is 1. The minimum atomic E-state index is -0.449. The van der Waals surface area contributed by atoms with E-state index in [0.29, 0.717) is 21.7 Å². The normalized spacial score (nSPS) is 20.5. The maximum atomic E-state index is 11.7. The molecule has 86 valence electrons. The van der Waals surface area contributed by atoms with Crippen LogP contribution in [0.4, 0.5) is 5.13 Å². The Morgan fingerprint density at radius 2 is 2.38 bits per heavy atom. The number of thiazole rings is 1. The van der Waals surface area contributed by atoms with Gasteiger partial charge >= 0.3 is 0 Å². The molecule has 5 nitrogen and oxygen atoms in total. The van der Waals surface area contributed by atoms with Crippen molar-refractivity contribution < 1.29 is 9.59 Å². The van der Waals surface area contributed by atoms with Crippen LogP contribution in [0.5, 0.6) is 0 Å². The van der Waals surface area contributed by atoms with Crippen LogP contribution < -0.4 is 10.6 Å². The monoisotopic (exact) mass is 259 g/mol. The summed E-state index contributed by atoms with van der Waals surface area (Å²) in [5, 5.41) is 0.538. The fourth-order valence-corrected chi connectivity index (χ4v) is 2.63. The summed E-state index contributed by atoms with van der Waals surface area (Å²) in [6.07, 6.45) is 0.158. The number of carbonyl (C=O) groups excluding carboxylic acids is 2. The predicted molar refractivity (Wildman–Crippen MR) is 61.5 cm³/mol. The van der Waals surface area contributed by atoms with Crippen molar-refractivity contribution in [3.05, 3.63) is 10.0 Å². The predicted octanol–water partition coefficient (Wildman–Crippen LogP) is 0.943. The SMILES string of the molecule is Cc1nc(N2CC(C(N)=O)CC2=O)sc1Cl. The topological polar surface area (TPSA) is 76.3 Å². The number of anilines is 1. The van der Waals surface area contributed by atoms with E-state index in [1.807, 2.05) is 0 Å². The van der Waals surface area contributed by atoms with Crippen molar-refractivity contribution in [2.24, 2.45) is 11.7 Å². The van der Waals surface area contributed by atoms with E-state index in [-0.39, 0.29) is 12.3 Å². The largest absolute Gasteiger partial charge is 0.369 e. The second-order valence-electron chi connectivity index (χ2n) is 3.66. The van der Waals surface area contributed by atoms with Gasteiger partial charge in [-0.3, -0.25) is 14.5 Å². The summed E-state index contributed by atoms with van der Waals surface area (Å²) in [6, 6.07) is 0. The Morgan fingerprint density at radius 1 is 1.69 bits per heavy atom. The van der Waals surface area contributed by atoms with Crippen molar-refractivity contribution in [1.29, 1.82) is 0 Å². The summed E-state index contributed by atoms with van der Waals surface area (Å²) in [7, 11) is 0. The first-order valence-corrected chi connectivity index (χ1v) is 5.91. The minimum Gasteiger partial charge on any atom is -0.369 e. The quantitative estimate of drug-likeness (QED) is 0.859. The number of rotatable bonds is 2. The third-order valence-corrected chi connectivity index (χ3v) is 3.96. The zero-order chi connectivity index (χ0) is 11.9. The van der Waals surface area contributed by atoms with Crippen LogP contribution in [-0.2, 0) is 9.59 Å². The molecule has 0 bridgehead atoms. The summed E-state index contributed by atoms with van der Waals surface area (Å²) in [5.74, 6) is -1.00. The third kappa shape index (κ3) is 1.90. The van der Waals surface area contributed by atoms with Crippen LogP contribution in [0, 0.1) is 12.8 Å². The molecule has 0 saturated carbocycles. The van der Waals surface area contributed by atoms with Crippen LogP contribution in [-0.4, -0.2) is 23.3 Å². The first kappa shape index (κ1) is 11.3. The molecule has 2 amide bonds. The van der Waals surface area contributed by atoms with Crippen molar-refractivity contribution in [3.63, 3.8) is 0 Å². The van der Waals surface area contributed by atoms with Crippen LogP contribution >= 0.6 is 22.9 Å². The highest BCUT2D eigenvalue weighted by Crippen LogP contribution is 2.33. The maximum Gasteiger partial charge on any atom is 0.229 e. The lowest BCUT2D eigenvalue weighted by Crippen LogP contribution is -2.28. The maximum absolute atomic E-state index is 11.7. The van der Waals surface area contributed by atoms with Gasteiger partial charge in [-0.15, -0.1) is 0 Å². The molecule has 1 aliphatic rings. The molecule has 1 saturated heterocycles. The van der Waals surface area contributed by atoms with Gasteiger partial charge in [0.25, 0.3) is 0 Å². The van der Waals surface area contributed by atoms with Crippen LogP contribution in [0.1, 0.15) is 12.1 Å². The van der Waals surface area contributed by atoms with Crippen LogP contribution in [0.3, 0.4) is 0 Å². The van der Waals surface area contributed by atoms with Crippen LogP contribution in [0.15, 0.2) is 0 Å². The van der Waals surface area contributed by atoms with Gasteiger partial charge in [0.05, 0.1) is 11.6 Å². The number of primary amides is 1. The van der Waals surface area contributed by atoms with Gasteiger partial charge in [-0.05, 0) is 6.92 Å². The number of amides is 2. The van der Waals surface area contributed by atoms with Crippen molar-refractivity contribution in [2.45, 2.75) is 13.3 Å². The number of carbonyl (C=O) groups is 2. The molecule has 2 rings (SSSR count). The molecule has 2 heterocycles. The third-order valence-electron chi connectivity index (χ3n) is 2.49. The highest BCUT2D eigenvalue weighted by Gasteiger charge is 2.35. The molecule has 0 aliphatic carbocycles. The number of nitrogens with zero attached hydrogens (tertiary/aromatic N) is 2. The van der Waals surface area contributed by atoms with Gasteiger partial charge in [-0.1, -0.05) is 22.9 Å². The second-order valence-corrected chi connectivity index (χ2v) is 5.24. The van der Waals surface area contributed by atoms with E-state index >= 15 is 0 Å². The van der Waals surface area contributed by atoms with Gasteiger partial charge in [-0.25, -0.2) is 4.98 Å². The lowest BCUT2D eigenvalue weighted by atomic mass is 10.1. The van der Waals surface area contributed by atoms with Gasteiger partial charge in [-0.2, -0.15) is 0 Å². The van der Waals surface area contributed by atoms with Crippen LogP contribution in [0.25, 0.3) is 0 Å². The zero-order valence-electron chi connectivity index (χ0n) is 8.57. The summed E-state index contributed by atoms with van der Waals surface area (Å²) in [4.78, 5) is 28.3. The Labute approximate surface area is 101 Å². The smallest absolute Gasteiger partial charge is 0.229 e. The zero-order valence-corrected chi connectivity index (χ0v) is 10.1. The molecule has 1 aromatic heterocycles. The average Bonchev–Trinajstić information content (AvgIpc) is 2.72. The summed E-state index contributed by atoms with van der Waals surface area (Å²) in [6.45, 7) is 2.08. The molecule has 0 aromatic carbocycles. The number of halogens is 1. The molecule has 7 heteroatoms. The molecule has 1 fully saturated rings. The molecule has 0 spiro atoms. The number of aromatic nitrogens is 1. The van der Waals surface area contributed by atoms with Crippen molar-refractivity contribution >= 4 is 39.9 Å². The number of hydrogen-bond acceptors (Lipinski definition) is 4. The standard InChI is InChI=1S/C9H10ClN3O2S/c1-4-7(10)16-9(12-4)13-3-5(8(11)15)2-6(13)14/h5H,2-3H2,1H3,(H2,11,15). The van der Waals surface area contributed by atoms with Gasteiger partial charge in [0, 0.05) is 13.0 Å². The number of aryl methyl sites for hydroxylation is 1. The van der Waals surface area contributed by atoms with E-state index in [2.05, 4.69) is 4.98 Å². The Balaban J connectivity index is 2.23. The van der Waals surface area contributed by atoms with Crippen molar-refractivity contribution in [1.82, 2.24) is 4.98 Å². The first-order valence-electron chi connectivity index (χ1n) is 4.71. The molecule has 1 unspecified atom stereocenters. The molecule has 1 atom stereocenters. The average molecular weight is 260 g/mol. The molecule has 0 radical (unpaired) electrons. The Kier molecular flexibility index (Phi) is 2.86. The fourth-order valence-electron chi connectivity index (χ4n) is 1.56. The molecule has 1 aliphatic heterocycles. The van der Waals surface area contributed by atoms with E-state index < -0.39 is 11.8 Å². The van der Waals surface area contributed by atoms with Crippen molar-refractivity contribution in [2.75, 3.05) is 11.4 Å². The fraction of sp³-hybridized carbons (Fsp3) is 0.444.